The maximum Gasteiger partial charge on any atom is 0.262 e. The fourth-order valence-electron chi connectivity index (χ4n) is 2.87. The summed E-state index contributed by atoms with van der Waals surface area (Å²) in [6.07, 6.45) is 3.09. The number of carbonyl (C=O) groups excluding carboxylic acids is 1. The van der Waals surface area contributed by atoms with Gasteiger partial charge in [-0.25, -0.2) is 9.07 Å². The van der Waals surface area contributed by atoms with Crippen LogP contribution in [0.5, 0.6) is 0 Å². The highest BCUT2D eigenvalue weighted by atomic mass is 32.1. The summed E-state index contributed by atoms with van der Waals surface area (Å²) in [5.41, 5.74) is 9.44. The van der Waals surface area contributed by atoms with Gasteiger partial charge < -0.3 is 5.32 Å². The first kappa shape index (κ1) is 21.2. The van der Waals surface area contributed by atoms with E-state index in [2.05, 4.69) is 21.3 Å². The van der Waals surface area contributed by atoms with Crippen molar-refractivity contribution in [3.05, 3.63) is 89.0 Å². The molecule has 1 heterocycles. The lowest BCUT2D eigenvalue weighted by molar-refractivity contribution is -0.116. The molecule has 0 bridgehead atoms. The number of carbonyl (C=O) groups is 1. The van der Waals surface area contributed by atoms with Gasteiger partial charge in [-0.2, -0.15) is 5.10 Å². The first-order valence-electron chi connectivity index (χ1n) is 9.32. The molecule has 0 fully saturated rings. The van der Waals surface area contributed by atoms with Crippen molar-refractivity contribution in [2.75, 3.05) is 0 Å². The van der Waals surface area contributed by atoms with E-state index in [1.165, 1.54) is 18.2 Å². The Morgan fingerprint density at radius 1 is 1.10 bits per heavy atom. The highest BCUT2D eigenvalue weighted by molar-refractivity contribution is 7.80. The summed E-state index contributed by atoms with van der Waals surface area (Å²) in [5.74, 6) is -0.659. The van der Waals surface area contributed by atoms with Crippen molar-refractivity contribution in [2.24, 2.45) is 0 Å². The number of nitrogens with zero attached hydrogens (tertiary/aromatic N) is 2. The average Bonchev–Trinajstić information content (AvgIpc) is 3.04. The summed E-state index contributed by atoms with van der Waals surface area (Å²) in [7, 11) is 0. The van der Waals surface area contributed by atoms with Crippen LogP contribution in [0.3, 0.4) is 0 Å². The van der Waals surface area contributed by atoms with E-state index in [0.717, 1.165) is 28.2 Å². The minimum atomic E-state index is -0.354. The number of hydrazine groups is 1. The van der Waals surface area contributed by atoms with Crippen molar-refractivity contribution < 1.29 is 9.18 Å². The molecule has 8 heteroatoms. The van der Waals surface area contributed by atoms with Gasteiger partial charge in [-0.05, 0) is 62.0 Å². The molecular weight excluding hydrogens is 401 g/mol. The number of hydrogen-bond acceptors (Lipinski definition) is 3. The van der Waals surface area contributed by atoms with Gasteiger partial charge >= 0.3 is 0 Å². The van der Waals surface area contributed by atoms with Crippen LogP contribution >= 0.6 is 12.2 Å². The molecule has 6 nitrogen and oxygen atoms in total. The Bertz CT molecular complexity index is 1060. The molecule has 0 aliphatic carbocycles. The molecule has 0 spiro atoms. The molecule has 0 radical (unpaired) electrons. The van der Waals surface area contributed by atoms with Crippen LogP contribution in [-0.4, -0.2) is 20.8 Å². The van der Waals surface area contributed by atoms with Gasteiger partial charge in [0.25, 0.3) is 5.91 Å². The quantitative estimate of drug-likeness (QED) is 0.334. The third-order valence-corrected chi connectivity index (χ3v) is 4.66. The van der Waals surface area contributed by atoms with Gasteiger partial charge in [-0.3, -0.25) is 15.6 Å². The fraction of sp³-hybridized carbons (Fsp3) is 0.136. The summed E-state index contributed by atoms with van der Waals surface area (Å²) in [4.78, 5) is 12.1. The van der Waals surface area contributed by atoms with Gasteiger partial charge in [0.1, 0.15) is 5.82 Å². The van der Waals surface area contributed by atoms with Crippen LogP contribution in [0.4, 0.5) is 4.39 Å². The van der Waals surface area contributed by atoms with Crippen LogP contribution in [0.2, 0.25) is 0 Å². The first-order valence-corrected chi connectivity index (χ1v) is 9.73. The van der Waals surface area contributed by atoms with Gasteiger partial charge in [0, 0.05) is 23.9 Å². The molecule has 1 amide bonds. The summed E-state index contributed by atoms with van der Waals surface area (Å²) < 4.78 is 14.9. The van der Waals surface area contributed by atoms with E-state index >= 15 is 0 Å². The summed E-state index contributed by atoms with van der Waals surface area (Å²) in [6.45, 7) is 4.30. The van der Waals surface area contributed by atoms with Crippen LogP contribution < -0.4 is 16.2 Å². The van der Waals surface area contributed by atoms with E-state index in [9.17, 15) is 9.18 Å². The molecule has 0 atom stereocenters. The Hall–Kier alpha value is -3.52. The molecule has 0 saturated carbocycles. The number of rotatable bonds is 5. The minimum Gasteiger partial charge on any atom is -0.357 e. The van der Waals surface area contributed by atoms with E-state index in [-0.39, 0.29) is 11.7 Å². The summed E-state index contributed by atoms with van der Waals surface area (Å²) >= 11 is 5.16. The topological polar surface area (TPSA) is 71.0 Å². The van der Waals surface area contributed by atoms with E-state index in [1.54, 1.807) is 22.9 Å². The minimum absolute atomic E-state index is 0.305. The predicted octanol–water partition coefficient (Wildman–Crippen LogP) is 3.34. The molecule has 30 heavy (non-hydrogen) atoms. The summed E-state index contributed by atoms with van der Waals surface area (Å²) in [5, 5.41) is 7.81. The van der Waals surface area contributed by atoms with Gasteiger partial charge in [0.15, 0.2) is 5.11 Å². The average molecular weight is 424 g/mol. The maximum atomic E-state index is 13.2. The van der Waals surface area contributed by atoms with Gasteiger partial charge in [-0.15, -0.1) is 0 Å². The van der Waals surface area contributed by atoms with Gasteiger partial charge in [0.05, 0.1) is 11.4 Å². The molecule has 3 aromatic rings. The molecule has 2 aromatic carbocycles. The Morgan fingerprint density at radius 2 is 1.80 bits per heavy atom. The molecule has 3 N–H and O–H groups in total. The Kier molecular flexibility index (Phi) is 6.92. The zero-order valence-corrected chi connectivity index (χ0v) is 17.5. The van der Waals surface area contributed by atoms with Gasteiger partial charge in [0.2, 0.25) is 0 Å². The van der Waals surface area contributed by atoms with E-state index < -0.39 is 0 Å². The number of benzene rings is 2. The second-order valence-corrected chi connectivity index (χ2v) is 7.00. The highest BCUT2D eigenvalue weighted by Gasteiger charge is 2.11. The molecular formula is C22H22FN5OS. The summed E-state index contributed by atoms with van der Waals surface area (Å²) in [6, 6.07) is 15.9. The molecule has 0 unspecified atom stereocenters. The van der Waals surface area contributed by atoms with Crippen molar-refractivity contribution >= 4 is 29.3 Å². The normalized spacial score (nSPS) is 10.8. The smallest absolute Gasteiger partial charge is 0.262 e. The Morgan fingerprint density at radius 3 is 2.50 bits per heavy atom. The van der Waals surface area contributed by atoms with E-state index in [4.69, 9.17) is 12.2 Å². The van der Waals surface area contributed by atoms with Crippen LogP contribution in [0, 0.1) is 19.7 Å². The number of aromatic nitrogens is 2. The number of thiocarbonyl (C=S) groups is 1. The standard InChI is InChI=1S/C22H22FN5OS/c1-15-20(16(2)28(27-15)19-10-8-18(23)9-11-19)12-13-21(29)25-26-22(30)24-14-17-6-4-3-5-7-17/h3-13H,14H2,1-2H3,(H,25,29)(H2,24,26,30)/b13-12+. The number of nitrogens with one attached hydrogen (secondary N) is 3. The molecule has 3 rings (SSSR count). The second kappa shape index (κ2) is 9.80. The van der Waals surface area contributed by atoms with Crippen LogP contribution in [0.1, 0.15) is 22.5 Å². The van der Waals surface area contributed by atoms with Gasteiger partial charge in [-0.1, -0.05) is 30.3 Å². The molecule has 0 aliphatic heterocycles. The van der Waals surface area contributed by atoms with Crippen LogP contribution in [0.25, 0.3) is 11.8 Å². The van der Waals surface area contributed by atoms with Crippen molar-refractivity contribution in [1.82, 2.24) is 25.9 Å². The largest absolute Gasteiger partial charge is 0.357 e. The number of halogens is 1. The second-order valence-electron chi connectivity index (χ2n) is 6.59. The Balaban J connectivity index is 1.55. The lowest BCUT2D eigenvalue weighted by Crippen LogP contribution is -2.45. The van der Waals surface area contributed by atoms with Crippen molar-refractivity contribution in [3.63, 3.8) is 0 Å². The highest BCUT2D eigenvalue weighted by Crippen LogP contribution is 2.19. The van der Waals surface area contributed by atoms with Crippen molar-refractivity contribution in [1.29, 1.82) is 0 Å². The first-order chi connectivity index (χ1) is 14.4. The monoisotopic (exact) mass is 423 g/mol. The third kappa shape index (κ3) is 5.51. The molecule has 1 aromatic heterocycles. The SMILES string of the molecule is Cc1nn(-c2ccc(F)cc2)c(C)c1/C=C/C(=O)NNC(=S)NCc1ccccc1. The van der Waals surface area contributed by atoms with Crippen LogP contribution in [-0.2, 0) is 11.3 Å². The Labute approximate surface area is 179 Å². The number of aryl methyl sites for hydroxylation is 1. The number of hydrogen-bond donors (Lipinski definition) is 3. The zero-order valence-electron chi connectivity index (χ0n) is 16.6. The van der Waals surface area contributed by atoms with E-state index in [0.29, 0.717) is 11.7 Å². The van der Waals surface area contributed by atoms with Crippen molar-refractivity contribution in [2.45, 2.75) is 20.4 Å². The molecule has 0 saturated heterocycles. The fourth-order valence-corrected chi connectivity index (χ4v) is 2.99. The van der Waals surface area contributed by atoms with Crippen LogP contribution in [0.15, 0.2) is 60.7 Å². The predicted molar refractivity (Wildman–Crippen MR) is 119 cm³/mol. The lowest BCUT2D eigenvalue weighted by Gasteiger charge is -2.10. The maximum absolute atomic E-state index is 13.2. The lowest BCUT2D eigenvalue weighted by atomic mass is 10.2. The third-order valence-electron chi connectivity index (χ3n) is 4.41. The molecule has 0 aliphatic rings. The van der Waals surface area contributed by atoms with E-state index in [1.807, 2.05) is 44.2 Å². The number of amides is 1. The zero-order chi connectivity index (χ0) is 21.5. The molecule has 154 valence electrons. The van der Waals surface area contributed by atoms with Crippen molar-refractivity contribution in [3.8, 4) is 5.69 Å².